The molecule has 2 aromatic rings. The Bertz CT molecular complexity index is 889. The maximum absolute atomic E-state index is 12.7. The summed E-state index contributed by atoms with van der Waals surface area (Å²) in [6.45, 7) is 6.45. The highest BCUT2D eigenvalue weighted by Gasteiger charge is 2.31. The minimum absolute atomic E-state index is 0.0966. The SMILES string of the molecule is Cc1ccc(NC(=O)C(C)N2CCCN(c3ccc(C(F)(F)F)cn3)CC2)c(Br)c1. The molecule has 1 aliphatic heterocycles. The second-order valence-electron chi connectivity index (χ2n) is 7.43. The number of amides is 1. The molecular weight excluding hydrogens is 461 g/mol. The molecule has 0 spiro atoms. The van der Waals surface area contributed by atoms with E-state index in [0.717, 1.165) is 41.0 Å². The number of alkyl halides is 3. The van der Waals surface area contributed by atoms with Crippen molar-refractivity contribution in [3.8, 4) is 0 Å². The monoisotopic (exact) mass is 484 g/mol. The molecule has 2 heterocycles. The van der Waals surface area contributed by atoms with E-state index in [1.807, 2.05) is 36.9 Å². The van der Waals surface area contributed by atoms with Gasteiger partial charge < -0.3 is 10.2 Å². The van der Waals surface area contributed by atoms with Gasteiger partial charge in [-0.15, -0.1) is 0 Å². The van der Waals surface area contributed by atoms with Crippen LogP contribution in [0.1, 0.15) is 24.5 Å². The summed E-state index contributed by atoms with van der Waals surface area (Å²) in [5.74, 6) is 0.422. The van der Waals surface area contributed by atoms with E-state index in [4.69, 9.17) is 0 Å². The maximum atomic E-state index is 12.7. The van der Waals surface area contributed by atoms with Crippen LogP contribution in [0.5, 0.6) is 0 Å². The molecule has 3 rings (SSSR count). The average Bonchev–Trinajstić information content (AvgIpc) is 2.95. The molecule has 1 atom stereocenters. The van der Waals surface area contributed by atoms with E-state index in [9.17, 15) is 18.0 Å². The van der Waals surface area contributed by atoms with E-state index in [2.05, 4.69) is 31.1 Å². The number of aryl methyl sites for hydroxylation is 1. The summed E-state index contributed by atoms with van der Waals surface area (Å²) in [6.07, 6.45) is -2.74. The molecule has 1 fully saturated rings. The second kappa shape index (κ2) is 9.34. The number of hydrogen-bond donors (Lipinski definition) is 1. The van der Waals surface area contributed by atoms with Crippen molar-refractivity contribution < 1.29 is 18.0 Å². The van der Waals surface area contributed by atoms with Crippen LogP contribution in [-0.4, -0.2) is 48.0 Å². The predicted octanol–water partition coefficient (Wildman–Crippen LogP) is 4.71. The van der Waals surface area contributed by atoms with Gasteiger partial charge in [0.25, 0.3) is 0 Å². The van der Waals surface area contributed by atoms with Gasteiger partial charge in [0.05, 0.1) is 17.3 Å². The van der Waals surface area contributed by atoms with Crippen LogP contribution >= 0.6 is 15.9 Å². The van der Waals surface area contributed by atoms with Gasteiger partial charge in [0, 0.05) is 36.8 Å². The zero-order chi connectivity index (χ0) is 21.9. The summed E-state index contributed by atoms with van der Waals surface area (Å²) in [6, 6.07) is 7.88. The summed E-state index contributed by atoms with van der Waals surface area (Å²) in [5, 5.41) is 2.96. The van der Waals surface area contributed by atoms with Crippen LogP contribution < -0.4 is 10.2 Å². The average molecular weight is 485 g/mol. The Labute approximate surface area is 182 Å². The minimum Gasteiger partial charge on any atom is -0.355 e. The number of benzene rings is 1. The summed E-state index contributed by atoms with van der Waals surface area (Å²) >= 11 is 3.47. The fraction of sp³-hybridized carbons (Fsp3) is 0.429. The molecule has 1 saturated heterocycles. The van der Waals surface area contributed by atoms with Crippen molar-refractivity contribution in [1.82, 2.24) is 9.88 Å². The normalized spacial score (nSPS) is 16.8. The van der Waals surface area contributed by atoms with Crippen molar-refractivity contribution in [3.63, 3.8) is 0 Å². The Morgan fingerprint density at radius 2 is 1.93 bits per heavy atom. The zero-order valence-electron chi connectivity index (χ0n) is 16.8. The van der Waals surface area contributed by atoms with Crippen molar-refractivity contribution in [1.29, 1.82) is 0 Å². The van der Waals surface area contributed by atoms with Gasteiger partial charge in [-0.3, -0.25) is 9.69 Å². The zero-order valence-corrected chi connectivity index (χ0v) is 18.4. The standard InChI is InChI=1S/C21H24BrF3N4O/c1-14-4-6-18(17(22)12-14)27-20(30)15(2)28-8-3-9-29(11-10-28)19-7-5-16(13-26-19)21(23,24)25/h4-7,12-13,15H,3,8-11H2,1-2H3,(H,27,30). The molecule has 9 heteroatoms. The fourth-order valence-corrected chi connectivity index (χ4v) is 4.01. The van der Waals surface area contributed by atoms with E-state index in [1.54, 1.807) is 0 Å². The molecule has 1 aliphatic rings. The maximum Gasteiger partial charge on any atom is 0.417 e. The number of aromatic nitrogens is 1. The number of carbonyl (C=O) groups excluding carboxylic acids is 1. The van der Waals surface area contributed by atoms with Crippen molar-refractivity contribution in [2.24, 2.45) is 0 Å². The summed E-state index contributed by atoms with van der Waals surface area (Å²) in [5.41, 5.74) is 1.07. The minimum atomic E-state index is -4.39. The molecule has 1 aromatic heterocycles. The molecule has 0 aliphatic carbocycles. The first-order valence-corrected chi connectivity index (χ1v) is 10.5. The second-order valence-corrected chi connectivity index (χ2v) is 8.28. The predicted molar refractivity (Wildman–Crippen MR) is 115 cm³/mol. The number of pyridine rings is 1. The molecule has 1 amide bonds. The number of halogens is 4. The molecule has 0 saturated carbocycles. The highest BCUT2D eigenvalue weighted by molar-refractivity contribution is 9.10. The van der Waals surface area contributed by atoms with Crippen LogP contribution in [0.25, 0.3) is 0 Å². The Balaban J connectivity index is 1.60. The number of nitrogens with zero attached hydrogens (tertiary/aromatic N) is 3. The first-order chi connectivity index (χ1) is 14.1. The Hall–Kier alpha value is -2.13. The Kier molecular flexibility index (Phi) is 7.02. The topological polar surface area (TPSA) is 48.5 Å². The lowest BCUT2D eigenvalue weighted by molar-refractivity contribution is -0.137. The summed E-state index contributed by atoms with van der Waals surface area (Å²) in [4.78, 5) is 20.8. The van der Waals surface area contributed by atoms with Crippen molar-refractivity contribution in [2.45, 2.75) is 32.5 Å². The summed E-state index contributed by atoms with van der Waals surface area (Å²) < 4.78 is 39.1. The molecule has 1 unspecified atom stereocenters. The van der Waals surface area contributed by atoms with Gasteiger partial charge in [-0.25, -0.2) is 4.98 Å². The number of carbonyl (C=O) groups is 1. The molecular formula is C21H24BrF3N4O. The third kappa shape index (κ3) is 5.51. The lowest BCUT2D eigenvalue weighted by atomic mass is 10.2. The number of rotatable bonds is 4. The number of anilines is 2. The first kappa shape index (κ1) is 22.6. The van der Waals surface area contributed by atoms with Crippen LogP contribution in [0, 0.1) is 6.92 Å². The molecule has 162 valence electrons. The largest absolute Gasteiger partial charge is 0.417 e. The lowest BCUT2D eigenvalue weighted by Gasteiger charge is -2.27. The van der Waals surface area contributed by atoms with Crippen molar-refractivity contribution >= 4 is 33.3 Å². The van der Waals surface area contributed by atoms with Crippen LogP contribution in [0.15, 0.2) is 41.0 Å². The molecule has 5 nitrogen and oxygen atoms in total. The first-order valence-electron chi connectivity index (χ1n) is 9.74. The lowest BCUT2D eigenvalue weighted by Crippen LogP contribution is -2.44. The van der Waals surface area contributed by atoms with Crippen molar-refractivity contribution in [2.75, 3.05) is 36.4 Å². The van der Waals surface area contributed by atoms with Gasteiger partial charge in [-0.05, 0) is 66.0 Å². The van der Waals surface area contributed by atoms with Crippen LogP contribution in [0.4, 0.5) is 24.7 Å². The van der Waals surface area contributed by atoms with Crippen molar-refractivity contribution in [3.05, 3.63) is 52.1 Å². The number of nitrogens with one attached hydrogen (secondary N) is 1. The Morgan fingerprint density at radius 3 is 2.57 bits per heavy atom. The van der Waals surface area contributed by atoms with Crippen LogP contribution in [-0.2, 0) is 11.0 Å². The highest BCUT2D eigenvalue weighted by atomic mass is 79.9. The van der Waals surface area contributed by atoms with Crippen LogP contribution in [0.3, 0.4) is 0 Å². The molecule has 30 heavy (non-hydrogen) atoms. The van der Waals surface area contributed by atoms with E-state index in [1.165, 1.54) is 6.07 Å². The van der Waals surface area contributed by atoms with E-state index < -0.39 is 11.7 Å². The molecule has 1 aromatic carbocycles. The third-order valence-corrected chi connectivity index (χ3v) is 5.90. The van der Waals surface area contributed by atoms with E-state index >= 15 is 0 Å². The van der Waals surface area contributed by atoms with Crippen LogP contribution in [0.2, 0.25) is 0 Å². The smallest absolute Gasteiger partial charge is 0.355 e. The molecule has 0 radical (unpaired) electrons. The van der Waals surface area contributed by atoms with Gasteiger partial charge in [-0.1, -0.05) is 6.07 Å². The van der Waals surface area contributed by atoms with E-state index in [-0.39, 0.29) is 11.9 Å². The van der Waals surface area contributed by atoms with Gasteiger partial charge in [0.15, 0.2) is 0 Å². The molecule has 1 N–H and O–H groups in total. The highest BCUT2D eigenvalue weighted by Crippen LogP contribution is 2.29. The van der Waals surface area contributed by atoms with Gasteiger partial charge in [-0.2, -0.15) is 13.2 Å². The quantitative estimate of drug-likeness (QED) is 0.682. The van der Waals surface area contributed by atoms with Gasteiger partial charge in [0.1, 0.15) is 5.82 Å². The van der Waals surface area contributed by atoms with E-state index in [0.29, 0.717) is 25.5 Å². The van der Waals surface area contributed by atoms with Gasteiger partial charge in [0.2, 0.25) is 5.91 Å². The summed E-state index contributed by atoms with van der Waals surface area (Å²) in [7, 11) is 0. The fourth-order valence-electron chi connectivity index (χ4n) is 3.42. The molecule has 0 bridgehead atoms. The Morgan fingerprint density at radius 1 is 1.17 bits per heavy atom. The van der Waals surface area contributed by atoms with Gasteiger partial charge >= 0.3 is 6.18 Å². The number of hydrogen-bond acceptors (Lipinski definition) is 4. The third-order valence-electron chi connectivity index (χ3n) is 5.24.